The van der Waals surface area contributed by atoms with E-state index in [4.69, 9.17) is 4.74 Å². The van der Waals surface area contributed by atoms with Crippen LogP contribution in [-0.2, 0) is 9.59 Å². The number of aryl methyl sites for hydroxylation is 1. The summed E-state index contributed by atoms with van der Waals surface area (Å²) in [6.07, 6.45) is 1.39. The van der Waals surface area contributed by atoms with Crippen LogP contribution in [0.5, 0.6) is 5.75 Å². The summed E-state index contributed by atoms with van der Waals surface area (Å²) < 4.78 is 5.11. The quantitative estimate of drug-likeness (QED) is 0.317. The number of hydrazone groups is 1. The van der Waals surface area contributed by atoms with Crippen LogP contribution in [0.25, 0.3) is 0 Å². The summed E-state index contributed by atoms with van der Waals surface area (Å²) in [5.41, 5.74) is 4.95. The van der Waals surface area contributed by atoms with Crippen molar-refractivity contribution >= 4 is 35.3 Å². The Bertz CT molecular complexity index is 1160. The van der Waals surface area contributed by atoms with Crippen LogP contribution in [0, 0.1) is 6.92 Å². The number of carbonyl (C=O) groups excluding carboxylic acids is 3. The number of anilines is 2. The molecule has 0 aromatic heterocycles. The molecule has 162 valence electrons. The average Bonchev–Trinajstić information content (AvgIpc) is 2.81. The molecule has 0 atom stereocenters. The summed E-state index contributed by atoms with van der Waals surface area (Å²) in [6.45, 7) is 1.95. The number of nitrogens with zero attached hydrogens (tertiary/aromatic N) is 1. The monoisotopic (exact) mass is 430 g/mol. The fourth-order valence-electron chi connectivity index (χ4n) is 2.74. The van der Waals surface area contributed by atoms with Crippen LogP contribution in [0.4, 0.5) is 11.4 Å². The molecule has 8 nitrogen and oxygen atoms in total. The topological polar surface area (TPSA) is 109 Å². The number of carbonyl (C=O) groups is 3. The molecule has 32 heavy (non-hydrogen) atoms. The van der Waals surface area contributed by atoms with Gasteiger partial charge >= 0.3 is 11.8 Å². The van der Waals surface area contributed by atoms with Gasteiger partial charge in [-0.15, -0.1) is 0 Å². The third-order valence-electron chi connectivity index (χ3n) is 4.41. The van der Waals surface area contributed by atoms with Crippen molar-refractivity contribution in [2.24, 2.45) is 5.10 Å². The Kier molecular flexibility index (Phi) is 7.32. The molecule has 0 aliphatic carbocycles. The van der Waals surface area contributed by atoms with Crippen molar-refractivity contribution < 1.29 is 19.1 Å². The van der Waals surface area contributed by atoms with E-state index in [1.807, 2.05) is 19.1 Å². The lowest BCUT2D eigenvalue weighted by molar-refractivity contribution is -0.136. The third-order valence-corrected chi connectivity index (χ3v) is 4.41. The summed E-state index contributed by atoms with van der Waals surface area (Å²) in [5.74, 6) is -1.71. The zero-order valence-electron chi connectivity index (χ0n) is 17.6. The van der Waals surface area contributed by atoms with Crippen molar-refractivity contribution in [2.75, 3.05) is 17.7 Å². The molecule has 3 rings (SSSR count). The fraction of sp³-hybridized carbons (Fsp3) is 0.0833. The first kappa shape index (κ1) is 22.2. The maximum Gasteiger partial charge on any atom is 0.329 e. The maximum absolute atomic E-state index is 12.7. The van der Waals surface area contributed by atoms with E-state index in [0.717, 1.165) is 5.56 Å². The third kappa shape index (κ3) is 6.02. The molecule has 3 amide bonds. The molecule has 3 aromatic rings. The second kappa shape index (κ2) is 10.5. The van der Waals surface area contributed by atoms with Gasteiger partial charge in [-0.05, 0) is 48.9 Å². The number of methoxy groups -OCH3 is 1. The van der Waals surface area contributed by atoms with Crippen molar-refractivity contribution in [2.45, 2.75) is 6.92 Å². The van der Waals surface area contributed by atoms with Gasteiger partial charge < -0.3 is 15.4 Å². The van der Waals surface area contributed by atoms with Crippen LogP contribution in [0.15, 0.2) is 77.9 Å². The summed E-state index contributed by atoms with van der Waals surface area (Å²) in [7, 11) is 1.54. The molecular formula is C24H22N4O4. The maximum atomic E-state index is 12.7. The molecule has 0 heterocycles. The Morgan fingerprint density at radius 1 is 0.875 bits per heavy atom. The zero-order valence-corrected chi connectivity index (χ0v) is 17.6. The molecule has 0 saturated carbocycles. The van der Waals surface area contributed by atoms with Gasteiger partial charge in [-0.2, -0.15) is 5.10 Å². The van der Waals surface area contributed by atoms with Crippen molar-refractivity contribution in [1.29, 1.82) is 0 Å². The Labute approximate surface area is 185 Å². The average molecular weight is 430 g/mol. The summed E-state index contributed by atoms with van der Waals surface area (Å²) >= 11 is 0. The predicted octanol–water partition coefficient (Wildman–Crippen LogP) is 3.34. The van der Waals surface area contributed by atoms with Crippen LogP contribution < -0.4 is 20.8 Å². The Balaban J connectivity index is 1.63. The van der Waals surface area contributed by atoms with Crippen molar-refractivity contribution in [3.05, 3.63) is 89.5 Å². The van der Waals surface area contributed by atoms with Gasteiger partial charge in [-0.1, -0.05) is 42.0 Å². The highest BCUT2D eigenvalue weighted by Gasteiger charge is 2.17. The number of nitrogens with one attached hydrogen (secondary N) is 3. The smallest absolute Gasteiger partial charge is 0.329 e. The van der Waals surface area contributed by atoms with Gasteiger partial charge in [0.25, 0.3) is 5.91 Å². The van der Waals surface area contributed by atoms with Crippen LogP contribution in [-0.4, -0.2) is 31.0 Å². The largest absolute Gasteiger partial charge is 0.497 e. The normalized spacial score (nSPS) is 10.4. The number of para-hydroxylation sites is 1. The van der Waals surface area contributed by atoms with Crippen LogP contribution >= 0.6 is 0 Å². The van der Waals surface area contributed by atoms with Crippen LogP contribution in [0.2, 0.25) is 0 Å². The number of benzene rings is 3. The fourth-order valence-corrected chi connectivity index (χ4v) is 2.74. The molecule has 3 N–H and O–H groups in total. The number of amides is 3. The molecule has 0 aliphatic heterocycles. The van der Waals surface area contributed by atoms with Gasteiger partial charge in [-0.3, -0.25) is 14.4 Å². The van der Waals surface area contributed by atoms with E-state index in [1.54, 1.807) is 61.7 Å². The van der Waals surface area contributed by atoms with E-state index >= 15 is 0 Å². The molecule has 0 saturated heterocycles. The summed E-state index contributed by atoms with van der Waals surface area (Å²) in [4.78, 5) is 37.0. The van der Waals surface area contributed by atoms with E-state index in [0.29, 0.717) is 17.0 Å². The first-order valence-corrected chi connectivity index (χ1v) is 9.72. The zero-order chi connectivity index (χ0) is 22.9. The minimum atomic E-state index is -0.974. The van der Waals surface area contributed by atoms with Gasteiger partial charge in [-0.25, -0.2) is 5.43 Å². The van der Waals surface area contributed by atoms with Gasteiger partial charge in [0.15, 0.2) is 0 Å². The highest BCUT2D eigenvalue weighted by atomic mass is 16.5. The predicted molar refractivity (Wildman–Crippen MR) is 123 cm³/mol. The van der Waals surface area contributed by atoms with Gasteiger partial charge in [0, 0.05) is 5.69 Å². The Hall–Kier alpha value is -4.46. The van der Waals surface area contributed by atoms with Crippen molar-refractivity contribution in [3.8, 4) is 5.75 Å². The molecule has 0 fully saturated rings. The second-order valence-electron chi connectivity index (χ2n) is 6.80. The molecule has 0 spiro atoms. The molecular weight excluding hydrogens is 408 g/mol. The molecule has 3 aromatic carbocycles. The SMILES string of the molecule is COc1cccc(/C=N\NC(=O)C(=O)Nc2ccccc2C(=O)Nc2ccc(C)cc2)c1. The van der Waals surface area contributed by atoms with E-state index < -0.39 is 17.7 Å². The molecule has 0 aliphatic rings. The van der Waals surface area contributed by atoms with Crippen LogP contribution in [0.1, 0.15) is 21.5 Å². The molecule has 0 bridgehead atoms. The van der Waals surface area contributed by atoms with Crippen molar-refractivity contribution in [3.63, 3.8) is 0 Å². The van der Waals surface area contributed by atoms with Crippen molar-refractivity contribution in [1.82, 2.24) is 5.43 Å². The van der Waals surface area contributed by atoms with E-state index in [2.05, 4.69) is 21.2 Å². The number of ether oxygens (including phenoxy) is 1. The van der Waals surface area contributed by atoms with Gasteiger partial charge in [0.1, 0.15) is 5.75 Å². The number of rotatable bonds is 6. The second-order valence-corrected chi connectivity index (χ2v) is 6.80. The van der Waals surface area contributed by atoms with Crippen LogP contribution in [0.3, 0.4) is 0 Å². The lowest BCUT2D eigenvalue weighted by atomic mass is 10.1. The van der Waals surface area contributed by atoms with Gasteiger partial charge in [0.05, 0.1) is 24.6 Å². The number of hydrogen-bond donors (Lipinski definition) is 3. The highest BCUT2D eigenvalue weighted by molar-refractivity contribution is 6.40. The number of hydrogen-bond acceptors (Lipinski definition) is 5. The standard InChI is InChI=1S/C24H22N4O4/c1-16-10-12-18(13-11-16)26-22(29)20-8-3-4-9-21(20)27-23(30)24(31)28-25-15-17-6-5-7-19(14-17)32-2/h3-15H,1-2H3,(H,26,29)(H,27,30)(H,28,31)/b25-15-. The minimum absolute atomic E-state index is 0.203. The summed E-state index contributed by atoms with van der Waals surface area (Å²) in [6, 6.07) is 20.7. The molecule has 8 heteroatoms. The lowest BCUT2D eigenvalue weighted by Gasteiger charge is -2.11. The van der Waals surface area contributed by atoms with E-state index in [-0.39, 0.29) is 11.3 Å². The van der Waals surface area contributed by atoms with E-state index in [1.165, 1.54) is 12.3 Å². The lowest BCUT2D eigenvalue weighted by Crippen LogP contribution is -2.33. The highest BCUT2D eigenvalue weighted by Crippen LogP contribution is 2.18. The van der Waals surface area contributed by atoms with Gasteiger partial charge in [0.2, 0.25) is 0 Å². The minimum Gasteiger partial charge on any atom is -0.497 e. The Morgan fingerprint density at radius 3 is 2.38 bits per heavy atom. The first-order chi connectivity index (χ1) is 15.5. The molecule has 0 unspecified atom stereocenters. The Morgan fingerprint density at radius 2 is 1.62 bits per heavy atom. The summed E-state index contributed by atoms with van der Waals surface area (Å²) in [5, 5.41) is 8.99. The molecule has 0 radical (unpaired) electrons. The van der Waals surface area contributed by atoms with E-state index in [9.17, 15) is 14.4 Å². The first-order valence-electron chi connectivity index (χ1n) is 9.72.